The van der Waals surface area contributed by atoms with Crippen molar-refractivity contribution in [3.05, 3.63) is 65.6 Å². The zero-order valence-electron chi connectivity index (χ0n) is 14.6. The van der Waals surface area contributed by atoms with Crippen LogP contribution in [0.3, 0.4) is 0 Å². The molecule has 0 fully saturated rings. The highest BCUT2D eigenvalue weighted by atomic mass is 35.5. The normalized spacial score (nSPS) is 11.8. The molecular weight excluding hydrogens is 561 g/mol. The Morgan fingerprint density at radius 2 is 0.906 bits per heavy atom. The molecule has 1 aromatic carbocycles. The maximum atomic E-state index is 10.1. The molecule has 17 nitrogen and oxygen atoms in total. The van der Waals surface area contributed by atoms with Crippen LogP contribution in [-0.4, -0.2) is 50.9 Å². The molecule has 22 heteroatoms. The lowest BCUT2D eigenvalue weighted by Crippen LogP contribution is -2.42. The first kappa shape index (κ1) is 29.3. The highest BCUT2D eigenvalue weighted by Crippen LogP contribution is 2.47. The van der Waals surface area contributed by atoms with Gasteiger partial charge in [0.15, 0.2) is 18.0 Å². The van der Waals surface area contributed by atoms with E-state index in [1.54, 1.807) is 0 Å². The molecule has 1 aromatic rings. The highest BCUT2D eigenvalue weighted by molar-refractivity contribution is 6.55. The van der Waals surface area contributed by atoms with Crippen molar-refractivity contribution < 1.29 is 44.8 Å². The van der Waals surface area contributed by atoms with Gasteiger partial charge < -0.3 is 24.5 Å². The van der Waals surface area contributed by atoms with Crippen LogP contribution in [0.25, 0.3) is 0 Å². The summed E-state index contributed by atoms with van der Waals surface area (Å²) in [6, 6.07) is 0. The minimum Gasteiger partial charge on any atom is -0.505 e. The molecule has 0 radical (unpaired) electrons. The molecule has 0 heterocycles. The largest absolute Gasteiger partial charge is 0.505 e. The minimum absolute atomic E-state index is 0.00904. The zero-order valence-corrected chi connectivity index (χ0v) is 18.4. The van der Waals surface area contributed by atoms with Crippen LogP contribution in [0.4, 0.5) is 0 Å². The van der Waals surface area contributed by atoms with Gasteiger partial charge in [0, 0.05) is 0 Å². The van der Waals surface area contributed by atoms with Crippen molar-refractivity contribution in [2.45, 2.75) is 12.2 Å². The molecule has 0 aliphatic carbocycles. The average Bonchev–Trinajstić information content (AvgIpc) is 2.69. The number of phenolic OH excluding ortho intramolecular Hbond substituents is 1. The number of rotatable bonds is 11. The molecule has 0 spiro atoms. The van der Waals surface area contributed by atoms with Crippen molar-refractivity contribution in [1.29, 1.82) is 0 Å². The van der Waals surface area contributed by atoms with Gasteiger partial charge in [-0.1, -0.05) is 58.0 Å². The molecule has 0 aliphatic heterocycles. The van der Waals surface area contributed by atoms with Gasteiger partial charge in [-0.25, -0.2) is 0 Å². The third kappa shape index (κ3) is 10.1. The van der Waals surface area contributed by atoms with Crippen molar-refractivity contribution in [1.82, 2.24) is 0 Å². The Balaban J connectivity index is 0.000000677. The summed E-state index contributed by atoms with van der Waals surface area (Å²) in [6.45, 7) is -2.29. The van der Waals surface area contributed by atoms with Crippen LogP contribution in [0.15, 0.2) is 0 Å². The Morgan fingerprint density at radius 1 is 0.625 bits per heavy atom. The zero-order chi connectivity index (χ0) is 25.2. The predicted octanol–water partition coefficient (Wildman–Crippen LogP) is 3.22. The van der Waals surface area contributed by atoms with Crippen LogP contribution >= 0.6 is 58.0 Å². The fourth-order valence-electron chi connectivity index (χ4n) is 1.49. The SMILES string of the molecule is O=[N+]([O-])OC[C@H](O[N+](=O)[O-])[C@@H](CO[N+](=O)[O-])O[N+](=O)[O-].Oc1c(Cl)c(Cl)c(Cl)c(Cl)c1Cl. The second kappa shape index (κ2) is 13.6. The van der Waals surface area contributed by atoms with E-state index in [4.69, 9.17) is 58.0 Å². The minimum atomic E-state index is -2.00. The highest BCUT2D eigenvalue weighted by Gasteiger charge is 2.31. The van der Waals surface area contributed by atoms with Crippen molar-refractivity contribution in [2.75, 3.05) is 13.2 Å². The first-order valence-electron chi connectivity index (χ1n) is 7.06. The lowest BCUT2D eigenvalue weighted by atomic mass is 10.2. The molecule has 1 rings (SSSR count). The van der Waals surface area contributed by atoms with E-state index < -0.39 is 45.8 Å². The Bertz CT molecular complexity index is 733. The lowest BCUT2D eigenvalue weighted by Gasteiger charge is -2.21. The molecule has 0 unspecified atom stereocenters. The van der Waals surface area contributed by atoms with Gasteiger partial charge in [-0.15, -0.1) is 40.5 Å². The summed E-state index contributed by atoms with van der Waals surface area (Å²) in [5.41, 5.74) is 0. The number of aromatic hydroxyl groups is 1. The number of hydrogen-bond acceptors (Lipinski definition) is 13. The van der Waals surface area contributed by atoms with Gasteiger partial charge in [0.2, 0.25) is 0 Å². The van der Waals surface area contributed by atoms with E-state index >= 15 is 0 Å². The summed E-state index contributed by atoms with van der Waals surface area (Å²) in [6.07, 6.45) is -4.00. The van der Waals surface area contributed by atoms with E-state index in [9.17, 15) is 45.6 Å². The smallest absolute Gasteiger partial charge is 0.294 e. The van der Waals surface area contributed by atoms with Crippen molar-refractivity contribution in [3.8, 4) is 5.75 Å². The third-order valence-corrected chi connectivity index (χ3v) is 4.99. The van der Waals surface area contributed by atoms with Gasteiger partial charge in [0.25, 0.3) is 20.3 Å². The fraction of sp³-hybridized carbons (Fsp3) is 0.400. The van der Waals surface area contributed by atoms with Crippen LogP contribution in [-0.2, 0) is 19.4 Å². The molecule has 0 aliphatic rings. The van der Waals surface area contributed by atoms with Crippen LogP contribution < -0.4 is 0 Å². The molecule has 0 bridgehead atoms. The third-order valence-electron chi connectivity index (χ3n) is 2.73. The second-order valence-electron chi connectivity index (χ2n) is 4.69. The Hall–Kier alpha value is -2.73. The Morgan fingerprint density at radius 3 is 1.16 bits per heavy atom. The number of phenols is 1. The summed E-state index contributed by atoms with van der Waals surface area (Å²) in [4.78, 5) is 55.4. The van der Waals surface area contributed by atoms with Crippen LogP contribution in [0, 0.1) is 40.5 Å². The first-order chi connectivity index (χ1) is 14.7. The number of hydrogen-bond donors (Lipinski definition) is 1. The summed E-state index contributed by atoms with van der Waals surface area (Å²) < 4.78 is 0. The van der Waals surface area contributed by atoms with Gasteiger partial charge in [-0.05, 0) is 0 Å². The Kier molecular flexibility index (Phi) is 12.5. The van der Waals surface area contributed by atoms with Crippen LogP contribution in [0.2, 0.25) is 25.1 Å². The molecule has 0 saturated carbocycles. The second-order valence-corrected chi connectivity index (χ2v) is 6.58. The predicted molar refractivity (Wildman–Crippen MR) is 103 cm³/mol. The number of benzene rings is 1. The van der Waals surface area contributed by atoms with Crippen molar-refractivity contribution >= 4 is 58.0 Å². The van der Waals surface area contributed by atoms with Crippen LogP contribution in [0.1, 0.15) is 0 Å². The quantitative estimate of drug-likeness (QED) is 0.175. The van der Waals surface area contributed by atoms with Gasteiger partial charge >= 0.3 is 0 Å². The molecule has 32 heavy (non-hydrogen) atoms. The van der Waals surface area contributed by atoms with Gasteiger partial charge in [0.05, 0.1) is 15.1 Å². The molecule has 180 valence electrons. The molecular formula is C10H7Cl5N4O13. The maximum Gasteiger partial charge on any atom is 0.294 e. The van der Waals surface area contributed by atoms with E-state index in [1.165, 1.54) is 0 Å². The fourth-order valence-corrected chi connectivity index (χ4v) is 2.62. The maximum absolute atomic E-state index is 10.1. The van der Waals surface area contributed by atoms with E-state index in [1.807, 2.05) is 0 Å². The molecule has 0 aromatic heterocycles. The van der Waals surface area contributed by atoms with E-state index in [0.29, 0.717) is 0 Å². The van der Waals surface area contributed by atoms with Crippen molar-refractivity contribution in [3.63, 3.8) is 0 Å². The van der Waals surface area contributed by atoms with E-state index in [-0.39, 0.29) is 30.9 Å². The van der Waals surface area contributed by atoms with Gasteiger partial charge in [-0.3, -0.25) is 0 Å². The summed E-state index contributed by atoms with van der Waals surface area (Å²) in [5, 5.41) is 43.6. The van der Waals surface area contributed by atoms with Crippen LogP contribution in [0.5, 0.6) is 5.75 Å². The monoisotopic (exact) mass is 566 g/mol. The average molecular weight is 568 g/mol. The number of nitrogens with zero attached hydrogens (tertiary/aromatic N) is 4. The van der Waals surface area contributed by atoms with Crippen molar-refractivity contribution in [2.24, 2.45) is 0 Å². The molecule has 0 amide bonds. The summed E-state index contributed by atoms with van der Waals surface area (Å²) in [5.74, 6) is -0.363. The van der Waals surface area contributed by atoms with E-state index in [0.717, 1.165) is 0 Å². The standard InChI is InChI=1S/C6HCl5O.C4H6N4O12/c7-1-2(8)4(10)6(12)5(11)3(1)9;9-5(10)17-1-3(19-7(13)14)4(20-8(15)16)2-18-6(11)12/h12H;3-4H,1-2H2/t;3-,4+. The molecule has 1 N–H and O–H groups in total. The first-order valence-corrected chi connectivity index (χ1v) is 8.95. The lowest BCUT2D eigenvalue weighted by molar-refractivity contribution is -0.818. The summed E-state index contributed by atoms with van der Waals surface area (Å²) in [7, 11) is 0. The topological polar surface area (TPSA) is 230 Å². The Labute approximate surface area is 199 Å². The van der Waals surface area contributed by atoms with Gasteiger partial charge in [0.1, 0.15) is 23.3 Å². The molecule has 2 atom stereocenters. The number of halogens is 5. The van der Waals surface area contributed by atoms with Gasteiger partial charge in [-0.2, -0.15) is 0 Å². The summed E-state index contributed by atoms with van der Waals surface area (Å²) >= 11 is 27.9. The molecule has 0 saturated heterocycles. The van der Waals surface area contributed by atoms with E-state index in [2.05, 4.69) is 19.4 Å².